The van der Waals surface area contributed by atoms with E-state index >= 15 is 0 Å². The third-order valence-corrected chi connectivity index (χ3v) is 6.82. The molecule has 2 aliphatic rings. The van der Waals surface area contributed by atoms with Gasteiger partial charge in [0.25, 0.3) is 0 Å². The maximum absolute atomic E-state index is 12.8. The zero-order valence-electron chi connectivity index (χ0n) is 18.4. The number of rotatable bonds is 7. The van der Waals surface area contributed by atoms with Crippen LogP contribution in [0.3, 0.4) is 0 Å². The van der Waals surface area contributed by atoms with Crippen LogP contribution in [0.2, 0.25) is 0 Å². The Kier molecular flexibility index (Phi) is 7.03. The summed E-state index contributed by atoms with van der Waals surface area (Å²) in [6.45, 7) is 10.2. The highest BCUT2D eigenvalue weighted by Crippen LogP contribution is 2.26. The molecule has 2 saturated heterocycles. The molecule has 2 atom stereocenters. The Labute approximate surface area is 180 Å². The minimum Gasteiger partial charge on any atom is -0.355 e. The maximum atomic E-state index is 12.8. The topological polar surface area (TPSA) is 47.6 Å². The zero-order chi connectivity index (χ0) is 20.9. The van der Waals surface area contributed by atoms with Crippen molar-refractivity contribution in [2.75, 3.05) is 32.7 Å². The second kappa shape index (κ2) is 9.90. The summed E-state index contributed by atoms with van der Waals surface area (Å²) in [5, 5.41) is 9.51. The molecule has 2 fully saturated rings. The molecule has 162 valence electrons. The Bertz CT molecular complexity index is 841. The van der Waals surface area contributed by atoms with Gasteiger partial charge < -0.3 is 15.5 Å². The van der Waals surface area contributed by atoms with Gasteiger partial charge in [0.05, 0.1) is 6.04 Å². The van der Waals surface area contributed by atoms with Crippen molar-refractivity contribution in [3.8, 4) is 0 Å². The van der Waals surface area contributed by atoms with Crippen LogP contribution in [0.15, 0.2) is 42.5 Å². The monoisotopic (exact) mass is 408 g/mol. The molecule has 0 aliphatic carbocycles. The second-order valence-electron chi connectivity index (χ2n) is 8.79. The molecule has 0 unspecified atom stereocenters. The van der Waals surface area contributed by atoms with Crippen molar-refractivity contribution in [3.05, 3.63) is 48.0 Å². The van der Waals surface area contributed by atoms with Crippen LogP contribution < -0.4 is 10.6 Å². The van der Waals surface area contributed by atoms with Crippen LogP contribution in [0.25, 0.3) is 10.8 Å². The highest BCUT2D eigenvalue weighted by molar-refractivity contribution is 5.86. The third kappa shape index (κ3) is 4.85. The van der Waals surface area contributed by atoms with Crippen molar-refractivity contribution in [1.29, 1.82) is 0 Å². The first kappa shape index (κ1) is 21.3. The molecule has 0 bridgehead atoms. The summed E-state index contributed by atoms with van der Waals surface area (Å²) in [6.07, 6.45) is 3.31. The van der Waals surface area contributed by atoms with Gasteiger partial charge in [0.15, 0.2) is 0 Å². The van der Waals surface area contributed by atoms with Gasteiger partial charge in [-0.1, -0.05) is 49.4 Å². The van der Waals surface area contributed by atoms with Gasteiger partial charge >= 0.3 is 0 Å². The van der Waals surface area contributed by atoms with E-state index in [1.165, 1.54) is 42.3 Å². The molecule has 0 spiro atoms. The lowest BCUT2D eigenvalue weighted by Crippen LogP contribution is -2.46. The van der Waals surface area contributed by atoms with E-state index in [4.69, 9.17) is 0 Å². The summed E-state index contributed by atoms with van der Waals surface area (Å²) in [5.74, 6) is 0.169. The average Bonchev–Trinajstić information content (AvgIpc) is 3.17. The third-order valence-electron chi connectivity index (χ3n) is 6.82. The normalized spacial score (nSPS) is 23.8. The summed E-state index contributed by atoms with van der Waals surface area (Å²) in [7, 11) is 0. The minimum atomic E-state index is -0.0582. The first-order valence-electron chi connectivity index (χ1n) is 11.6. The summed E-state index contributed by atoms with van der Waals surface area (Å²) in [6, 6.07) is 15.9. The van der Waals surface area contributed by atoms with E-state index in [2.05, 4.69) is 69.8 Å². The van der Waals surface area contributed by atoms with Crippen LogP contribution >= 0.6 is 0 Å². The molecule has 0 radical (unpaired) electrons. The summed E-state index contributed by atoms with van der Waals surface area (Å²) in [4.78, 5) is 17.7. The number of fused-ring (bicyclic) bond motifs is 1. The lowest BCUT2D eigenvalue weighted by molar-refractivity contribution is -0.125. The van der Waals surface area contributed by atoms with Gasteiger partial charge in [0.1, 0.15) is 0 Å². The molecule has 30 heavy (non-hydrogen) atoms. The van der Waals surface area contributed by atoms with Crippen LogP contribution in [-0.2, 0) is 11.3 Å². The molecular weight excluding hydrogens is 372 g/mol. The lowest BCUT2D eigenvalue weighted by atomic mass is 10.0. The van der Waals surface area contributed by atoms with E-state index in [0.717, 1.165) is 26.1 Å². The van der Waals surface area contributed by atoms with Crippen LogP contribution in [0.5, 0.6) is 0 Å². The fourth-order valence-electron chi connectivity index (χ4n) is 5.16. The van der Waals surface area contributed by atoms with Gasteiger partial charge in [-0.15, -0.1) is 0 Å². The molecule has 0 saturated carbocycles. The fourth-order valence-corrected chi connectivity index (χ4v) is 5.16. The summed E-state index contributed by atoms with van der Waals surface area (Å²) >= 11 is 0. The molecule has 5 heteroatoms. The first-order valence-corrected chi connectivity index (χ1v) is 11.6. The van der Waals surface area contributed by atoms with E-state index in [9.17, 15) is 4.79 Å². The number of likely N-dealkylation sites (N-methyl/N-ethyl adjacent to an activating group) is 1. The van der Waals surface area contributed by atoms with Gasteiger partial charge in [-0.3, -0.25) is 9.69 Å². The van der Waals surface area contributed by atoms with Crippen molar-refractivity contribution >= 4 is 16.7 Å². The lowest BCUT2D eigenvalue weighted by Gasteiger charge is -2.33. The van der Waals surface area contributed by atoms with Crippen molar-refractivity contribution in [2.24, 2.45) is 0 Å². The van der Waals surface area contributed by atoms with E-state index in [0.29, 0.717) is 18.6 Å². The highest BCUT2D eigenvalue weighted by atomic mass is 16.2. The second-order valence-corrected chi connectivity index (χ2v) is 8.79. The molecule has 2 heterocycles. The van der Waals surface area contributed by atoms with E-state index < -0.39 is 0 Å². The number of nitrogens with zero attached hydrogens (tertiary/aromatic N) is 2. The van der Waals surface area contributed by atoms with Crippen molar-refractivity contribution in [1.82, 2.24) is 20.4 Å². The Hall–Kier alpha value is -1.95. The number of amides is 1. The van der Waals surface area contributed by atoms with Gasteiger partial charge in [-0.05, 0) is 62.2 Å². The highest BCUT2D eigenvalue weighted by Gasteiger charge is 2.37. The van der Waals surface area contributed by atoms with Gasteiger partial charge in [-0.2, -0.15) is 0 Å². The predicted molar refractivity (Wildman–Crippen MR) is 124 cm³/mol. The quantitative estimate of drug-likeness (QED) is 0.739. The standard InChI is InChI=1S/C25H36N4O/c1-3-26-25(30)24-16-22(27-21-12-14-28(4-2)15-13-21)18-29(24)17-20-10-7-9-19-8-5-6-11-23(19)20/h5-11,21-22,24,27H,3-4,12-18H2,1-2H3,(H,26,30)/t22-,24+/m1/s1. The number of hydrogen-bond donors (Lipinski definition) is 2. The Morgan fingerprint density at radius 3 is 2.57 bits per heavy atom. The number of piperidine rings is 1. The fraction of sp³-hybridized carbons (Fsp3) is 0.560. The van der Waals surface area contributed by atoms with E-state index in [1.807, 2.05) is 6.92 Å². The van der Waals surface area contributed by atoms with Crippen LogP contribution in [0, 0.1) is 0 Å². The molecule has 2 aromatic rings. The minimum absolute atomic E-state index is 0.0582. The van der Waals surface area contributed by atoms with E-state index in [1.54, 1.807) is 0 Å². The SMILES string of the molecule is CCNC(=O)[C@@H]1C[C@@H](NC2CCN(CC)CC2)CN1Cc1cccc2ccccc12. The number of carbonyl (C=O) groups is 1. The van der Waals surface area contributed by atoms with Crippen LogP contribution in [-0.4, -0.2) is 66.6 Å². The van der Waals surface area contributed by atoms with Crippen LogP contribution in [0.4, 0.5) is 0 Å². The molecule has 0 aromatic heterocycles. The van der Waals surface area contributed by atoms with Crippen LogP contribution in [0.1, 0.15) is 38.7 Å². The Morgan fingerprint density at radius 2 is 1.80 bits per heavy atom. The molecule has 5 nitrogen and oxygen atoms in total. The molecule has 2 aromatic carbocycles. The van der Waals surface area contributed by atoms with Gasteiger partial charge in [-0.25, -0.2) is 0 Å². The van der Waals surface area contributed by atoms with Crippen molar-refractivity contribution in [2.45, 2.75) is 57.8 Å². The predicted octanol–water partition coefficient (Wildman–Crippen LogP) is 2.99. The molecule has 1 amide bonds. The van der Waals surface area contributed by atoms with Gasteiger partial charge in [0.2, 0.25) is 5.91 Å². The maximum Gasteiger partial charge on any atom is 0.237 e. The number of benzene rings is 2. The number of likely N-dealkylation sites (tertiary alicyclic amines) is 2. The largest absolute Gasteiger partial charge is 0.355 e. The molecule has 2 aliphatic heterocycles. The molecular formula is C25H36N4O. The first-order chi connectivity index (χ1) is 14.7. The number of carbonyl (C=O) groups excluding carboxylic acids is 1. The van der Waals surface area contributed by atoms with E-state index in [-0.39, 0.29) is 11.9 Å². The summed E-state index contributed by atoms with van der Waals surface area (Å²) < 4.78 is 0. The Balaban J connectivity index is 1.46. The molecule has 2 N–H and O–H groups in total. The van der Waals surface area contributed by atoms with Crippen molar-refractivity contribution < 1.29 is 4.79 Å². The number of nitrogens with one attached hydrogen (secondary N) is 2. The molecule has 4 rings (SSSR count). The van der Waals surface area contributed by atoms with Gasteiger partial charge in [0, 0.05) is 31.7 Å². The smallest absolute Gasteiger partial charge is 0.237 e. The average molecular weight is 409 g/mol. The Morgan fingerprint density at radius 1 is 1.03 bits per heavy atom. The zero-order valence-corrected chi connectivity index (χ0v) is 18.4. The number of hydrogen-bond acceptors (Lipinski definition) is 4. The van der Waals surface area contributed by atoms with Crippen molar-refractivity contribution in [3.63, 3.8) is 0 Å². The summed E-state index contributed by atoms with van der Waals surface area (Å²) in [5.41, 5.74) is 1.30.